The topological polar surface area (TPSA) is 96.5 Å². The molecule has 0 aromatic carbocycles. The van der Waals surface area contributed by atoms with Gasteiger partial charge in [-0.3, -0.25) is 9.59 Å². The standard InChI is InChI=1S/C25H37N5O3S/c1-16(2)14-30(19-9-18(11-26-12-19)23(32)33-6)22(31)20-13-28-24(25(3,4)5)29-21(20)27-10-17-7-8-34-15-17/h7-8,13,15-16,18-19,26H,9-12,14H2,1-6H3,(H,27,28,29)/t18-,19+/m0/s1. The van der Waals surface area contributed by atoms with Crippen LogP contribution in [0, 0.1) is 11.8 Å². The van der Waals surface area contributed by atoms with Crippen molar-refractivity contribution >= 4 is 29.0 Å². The number of piperidine rings is 1. The van der Waals surface area contributed by atoms with E-state index in [4.69, 9.17) is 9.72 Å². The minimum absolute atomic E-state index is 0.125. The van der Waals surface area contributed by atoms with Crippen molar-refractivity contribution in [1.82, 2.24) is 20.2 Å². The van der Waals surface area contributed by atoms with Crippen molar-refractivity contribution in [3.05, 3.63) is 40.0 Å². The highest BCUT2D eigenvalue weighted by Gasteiger charge is 2.35. The van der Waals surface area contributed by atoms with Gasteiger partial charge in [-0.2, -0.15) is 11.3 Å². The summed E-state index contributed by atoms with van der Waals surface area (Å²) in [4.78, 5) is 37.3. The molecule has 2 aromatic heterocycles. The molecule has 9 heteroatoms. The molecule has 1 saturated heterocycles. The summed E-state index contributed by atoms with van der Waals surface area (Å²) in [6.07, 6.45) is 2.21. The zero-order chi connectivity index (χ0) is 24.9. The minimum Gasteiger partial charge on any atom is -0.469 e. The Morgan fingerprint density at radius 2 is 2.09 bits per heavy atom. The summed E-state index contributed by atoms with van der Waals surface area (Å²) in [5, 5.41) is 10.8. The van der Waals surface area contributed by atoms with E-state index in [0.29, 0.717) is 49.8 Å². The van der Waals surface area contributed by atoms with Crippen molar-refractivity contribution in [2.45, 2.75) is 59.0 Å². The van der Waals surface area contributed by atoms with Crippen molar-refractivity contribution in [3.63, 3.8) is 0 Å². The molecule has 3 heterocycles. The van der Waals surface area contributed by atoms with Gasteiger partial charge in [0, 0.05) is 43.8 Å². The molecule has 1 amide bonds. The van der Waals surface area contributed by atoms with Crippen molar-refractivity contribution in [1.29, 1.82) is 0 Å². The number of nitrogens with zero attached hydrogens (tertiary/aromatic N) is 3. The van der Waals surface area contributed by atoms with Crippen LogP contribution in [-0.4, -0.2) is 59.5 Å². The molecule has 2 aromatic rings. The third-order valence-electron chi connectivity index (χ3n) is 5.86. The molecule has 1 fully saturated rings. The van der Waals surface area contributed by atoms with Crippen LogP contribution in [0.5, 0.6) is 0 Å². The van der Waals surface area contributed by atoms with Crippen molar-refractivity contribution < 1.29 is 14.3 Å². The van der Waals surface area contributed by atoms with E-state index < -0.39 is 0 Å². The lowest BCUT2D eigenvalue weighted by Gasteiger charge is -2.38. The number of carbonyl (C=O) groups excluding carboxylic acids is 2. The maximum Gasteiger partial charge on any atom is 0.310 e. The number of rotatable bonds is 8. The molecule has 8 nitrogen and oxygen atoms in total. The highest BCUT2D eigenvalue weighted by atomic mass is 32.1. The van der Waals surface area contributed by atoms with E-state index in [-0.39, 0.29) is 35.2 Å². The Balaban J connectivity index is 1.93. The fourth-order valence-electron chi connectivity index (χ4n) is 4.06. The van der Waals surface area contributed by atoms with Crippen LogP contribution in [0.4, 0.5) is 5.82 Å². The highest BCUT2D eigenvalue weighted by molar-refractivity contribution is 7.07. The lowest BCUT2D eigenvalue weighted by atomic mass is 9.93. The first-order valence-electron chi connectivity index (χ1n) is 11.8. The average molecular weight is 488 g/mol. The van der Waals surface area contributed by atoms with Gasteiger partial charge in [-0.1, -0.05) is 34.6 Å². The van der Waals surface area contributed by atoms with Gasteiger partial charge in [-0.25, -0.2) is 9.97 Å². The van der Waals surface area contributed by atoms with Crippen LogP contribution in [0.15, 0.2) is 23.0 Å². The molecule has 3 rings (SSSR count). The number of anilines is 1. The van der Waals surface area contributed by atoms with E-state index in [1.165, 1.54) is 7.11 Å². The molecule has 0 radical (unpaired) electrons. The normalized spacial score (nSPS) is 18.6. The fourth-order valence-corrected chi connectivity index (χ4v) is 4.73. The first-order valence-corrected chi connectivity index (χ1v) is 12.8. The molecule has 0 saturated carbocycles. The van der Waals surface area contributed by atoms with E-state index >= 15 is 0 Å². The number of hydrogen-bond acceptors (Lipinski definition) is 8. The summed E-state index contributed by atoms with van der Waals surface area (Å²) in [6, 6.07) is 1.93. The lowest BCUT2D eigenvalue weighted by molar-refractivity contribution is -0.146. The van der Waals surface area contributed by atoms with E-state index in [1.54, 1.807) is 17.5 Å². The van der Waals surface area contributed by atoms with Gasteiger partial charge in [0.1, 0.15) is 17.2 Å². The van der Waals surface area contributed by atoms with Crippen LogP contribution < -0.4 is 10.6 Å². The number of nitrogens with one attached hydrogen (secondary N) is 2. The number of carbonyl (C=O) groups is 2. The maximum absolute atomic E-state index is 13.9. The Morgan fingerprint density at radius 1 is 1.32 bits per heavy atom. The van der Waals surface area contributed by atoms with Gasteiger partial charge in [0.05, 0.1) is 13.0 Å². The number of hydrogen-bond donors (Lipinski definition) is 2. The number of methoxy groups -OCH3 is 1. The summed E-state index contributed by atoms with van der Waals surface area (Å²) in [5.74, 6) is 0.835. The van der Waals surface area contributed by atoms with E-state index in [1.807, 2.05) is 10.3 Å². The number of esters is 1. The van der Waals surface area contributed by atoms with Crippen LogP contribution >= 0.6 is 11.3 Å². The number of ether oxygens (including phenoxy) is 1. The largest absolute Gasteiger partial charge is 0.469 e. The van der Waals surface area contributed by atoms with Gasteiger partial charge >= 0.3 is 5.97 Å². The van der Waals surface area contributed by atoms with Crippen LogP contribution in [0.2, 0.25) is 0 Å². The van der Waals surface area contributed by atoms with E-state index in [0.717, 1.165) is 5.56 Å². The minimum atomic E-state index is -0.276. The van der Waals surface area contributed by atoms with Gasteiger partial charge in [-0.05, 0) is 34.7 Å². The van der Waals surface area contributed by atoms with Crippen molar-refractivity contribution in [2.24, 2.45) is 11.8 Å². The first kappa shape index (κ1) is 26.1. The Morgan fingerprint density at radius 3 is 2.71 bits per heavy atom. The molecule has 186 valence electrons. The Hall–Kier alpha value is -2.52. The molecule has 2 atom stereocenters. The van der Waals surface area contributed by atoms with Crippen molar-refractivity contribution in [3.8, 4) is 0 Å². The first-order chi connectivity index (χ1) is 16.1. The molecule has 2 N–H and O–H groups in total. The summed E-state index contributed by atoms with van der Waals surface area (Å²) in [5.41, 5.74) is 1.33. The SMILES string of the molecule is COC(=O)[C@@H]1CNC[C@H](N(CC(C)C)C(=O)c2cnc(C(C)(C)C)nc2NCc2ccsc2)C1. The third kappa shape index (κ3) is 6.54. The van der Waals surface area contributed by atoms with E-state index in [2.05, 4.69) is 61.7 Å². The maximum atomic E-state index is 13.9. The summed E-state index contributed by atoms with van der Waals surface area (Å²) in [6.45, 7) is 12.7. The molecule has 0 bridgehead atoms. The second-order valence-electron chi connectivity index (χ2n) is 10.3. The second-order valence-corrected chi connectivity index (χ2v) is 11.1. The second kappa shape index (κ2) is 11.3. The molecule has 0 aliphatic carbocycles. The molecule has 1 aliphatic rings. The quantitative estimate of drug-likeness (QED) is 0.548. The molecular formula is C25H37N5O3S. The monoisotopic (exact) mass is 487 g/mol. The number of amides is 1. The van der Waals surface area contributed by atoms with Gasteiger partial charge < -0.3 is 20.3 Å². The highest BCUT2D eigenvalue weighted by Crippen LogP contribution is 2.26. The smallest absolute Gasteiger partial charge is 0.310 e. The predicted octanol–water partition coefficient (Wildman–Crippen LogP) is 3.70. The van der Waals surface area contributed by atoms with Crippen LogP contribution in [0.3, 0.4) is 0 Å². The summed E-state index contributed by atoms with van der Waals surface area (Å²) in [7, 11) is 1.41. The van der Waals surface area contributed by atoms with Crippen LogP contribution in [0.25, 0.3) is 0 Å². The fraction of sp³-hybridized carbons (Fsp3) is 0.600. The van der Waals surface area contributed by atoms with Gasteiger partial charge in [0.15, 0.2) is 0 Å². The summed E-state index contributed by atoms with van der Waals surface area (Å²) >= 11 is 1.63. The molecule has 34 heavy (non-hydrogen) atoms. The molecular weight excluding hydrogens is 450 g/mol. The van der Waals surface area contributed by atoms with Gasteiger partial charge in [0.25, 0.3) is 5.91 Å². The number of thiophene rings is 1. The van der Waals surface area contributed by atoms with Crippen LogP contribution in [0.1, 0.15) is 62.8 Å². The third-order valence-corrected chi connectivity index (χ3v) is 6.59. The van der Waals surface area contributed by atoms with E-state index in [9.17, 15) is 9.59 Å². The Kier molecular flexibility index (Phi) is 8.65. The average Bonchev–Trinajstić information content (AvgIpc) is 3.33. The molecule has 0 spiro atoms. The predicted molar refractivity (Wildman–Crippen MR) is 135 cm³/mol. The Bertz CT molecular complexity index is 971. The molecule has 0 unspecified atom stereocenters. The number of aromatic nitrogens is 2. The zero-order valence-electron chi connectivity index (χ0n) is 21.1. The van der Waals surface area contributed by atoms with Crippen LogP contribution in [-0.2, 0) is 21.5 Å². The summed E-state index contributed by atoms with van der Waals surface area (Å²) < 4.78 is 4.96. The zero-order valence-corrected chi connectivity index (χ0v) is 21.9. The van der Waals surface area contributed by atoms with Gasteiger partial charge in [-0.15, -0.1) is 0 Å². The molecule has 1 aliphatic heterocycles. The van der Waals surface area contributed by atoms with Crippen molar-refractivity contribution in [2.75, 3.05) is 32.1 Å². The lowest BCUT2D eigenvalue weighted by Crippen LogP contribution is -2.53. The Labute approximate surface area is 206 Å². The van der Waals surface area contributed by atoms with Gasteiger partial charge in [0.2, 0.25) is 0 Å².